The Hall–Kier alpha value is -2.45. The molecule has 0 atom stereocenters. The lowest BCUT2D eigenvalue weighted by molar-refractivity contribution is -0.122. The van der Waals surface area contributed by atoms with Crippen molar-refractivity contribution in [3.63, 3.8) is 0 Å². The summed E-state index contributed by atoms with van der Waals surface area (Å²) < 4.78 is 11.2. The number of nitrogens with one attached hydrogen (secondary N) is 1. The second-order valence-corrected chi connectivity index (χ2v) is 6.19. The minimum atomic E-state index is -0.565. The van der Waals surface area contributed by atoms with Crippen molar-refractivity contribution < 1.29 is 18.7 Å². The zero-order valence-corrected chi connectivity index (χ0v) is 15.5. The third-order valence-corrected chi connectivity index (χ3v) is 4.10. The van der Waals surface area contributed by atoms with E-state index in [-0.39, 0.29) is 10.7 Å². The van der Waals surface area contributed by atoms with Crippen molar-refractivity contribution in [2.75, 3.05) is 11.5 Å². The Morgan fingerprint density at radius 2 is 1.96 bits per heavy atom. The highest BCUT2D eigenvalue weighted by molar-refractivity contribution is 9.10. The van der Waals surface area contributed by atoms with Crippen LogP contribution in [0.4, 0.5) is 5.69 Å². The van der Waals surface area contributed by atoms with Gasteiger partial charge in [0.2, 0.25) is 0 Å². The number of furan rings is 1. The van der Waals surface area contributed by atoms with Gasteiger partial charge in [-0.05, 0) is 77.5 Å². The molecule has 2 aromatic rings. The van der Waals surface area contributed by atoms with E-state index in [0.717, 1.165) is 0 Å². The number of amides is 2. The van der Waals surface area contributed by atoms with Gasteiger partial charge in [0, 0.05) is 0 Å². The van der Waals surface area contributed by atoms with Crippen LogP contribution in [0.1, 0.15) is 12.7 Å². The molecular weight excluding hydrogens is 408 g/mol. The summed E-state index contributed by atoms with van der Waals surface area (Å²) in [6.45, 7) is 2.43. The molecule has 1 aromatic heterocycles. The fraction of sp³-hybridized carbons (Fsp3) is 0.118. The Morgan fingerprint density at radius 3 is 2.56 bits per heavy atom. The maximum atomic E-state index is 12.8. The zero-order chi connectivity index (χ0) is 18.0. The first-order valence-corrected chi connectivity index (χ1v) is 8.59. The van der Waals surface area contributed by atoms with Crippen molar-refractivity contribution >= 4 is 56.8 Å². The van der Waals surface area contributed by atoms with Crippen LogP contribution in [0.2, 0.25) is 0 Å². The molecule has 1 fully saturated rings. The lowest BCUT2D eigenvalue weighted by Crippen LogP contribution is -2.54. The summed E-state index contributed by atoms with van der Waals surface area (Å²) in [5.41, 5.74) is 0.467. The SMILES string of the molecule is CCOc1ccc(N2C(=O)/C(=C\c3ccc(Br)o3)C(=O)NC2=S)cc1. The van der Waals surface area contributed by atoms with E-state index in [0.29, 0.717) is 28.5 Å². The molecule has 0 aliphatic carbocycles. The molecule has 1 aliphatic rings. The lowest BCUT2D eigenvalue weighted by Gasteiger charge is -2.28. The highest BCUT2D eigenvalue weighted by atomic mass is 79.9. The van der Waals surface area contributed by atoms with Crippen LogP contribution in [-0.4, -0.2) is 23.5 Å². The minimum Gasteiger partial charge on any atom is -0.494 e. The first kappa shape index (κ1) is 17.4. The van der Waals surface area contributed by atoms with Crippen LogP contribution in [0.15, 0.2) is 51.1 Å². The number of nitrogens with zero attached hydrogens (tertiary/aromatic N) is 1. The van der Waals surface area contributed by atoms with Gasteiger partial charge in [-0.3, -0.25) is 19.8 Å². The van der Waals surface area contributed by atoms with Crippen LogP contribution in [0.25, 0.3) is 6.08 Å². The van der Waals surface area contributed by atoms with Gasteiger partial charge in [0.1, 0.15) is 17.1 Å². The van der Waals surface area contributed by atoms with Crippen molar-refractivity contribution in [2.24, 2.45) is 0 Å². The molecule has 0 saturated carbocycles. The molecule has 2 amide bonds. The standard InChI is InChI=1S/C17H13BrN2O4S/c1-2-23-11-5-3-10(4-6-11)20-16(22)13(15(21)19-17(20)25)9-12-7-8-14(18)24-12/h3-9H,2H2,1H3,(H,19,21,25)/b13-9-. The van der Waals surface area contributed by atoms with Crippen LogP contribution < -0.4 is 15.0 Å². The zero-order valence-electron chi connectivity index (χ0n) is 13.1. The van der Waals surface area contributed by atoms with Crippen molar-refractivity contribution in [1.82, 2.24) is 5.32 Å². The summed E-state index contributed by atoms with van der Waals surface area (Å²) in [5.74, 6) is -0.0261. The van der Waals surface area contributed by atoms with Gasteiger partial charge in [0.15, 0.2) is 9.78 Å². The van der Waals surface area contributed by atoms with E-state index < -0.39 is 11.8 Å². The van der Waals surface area contributed by atoms with Crippen molar-refractivity contribution in [3.05, 3.63) is 52.4 Å². The lowest BCUT2D eigenvalue weighted by atomic mass is 10.1. The van der Waals surface area contributed by atoms with Crippen molar-refractivity contribution in [3.8, 4) is 5.75 Å². The first-order chi connectivity index (χ1) is 12.0. The number of rotatable bonds is 4. The number of halogens is 1. The molecule has 0 bridgehead atoms. The average molecular weight is 421 g/mol. The number of ether oxygens (including phenoxy) is 1. The summed E-state index contributed by atoms with van der Waals surface area (Å²) in [7, 11) is 0. The summed E-state index contributed by atoms with van der Waals surface area (Å²) in [6.07, 6.45) is 1.38. The fourth-order valence-electron chi connectivity index (χ4n) is 2.30. The Morgan fingerprint density at radius 1 is 1.24 bits per heavy atom. The number of benzene rings is 1. The molecule has 2 heterocycles. The number of hydrogen-bond acceptors (Lipinski definition) is 5. The van der Waals surface area contributed by atoms with E-state index >= 15 is 0 Å². The Kier molecular flexibility index (Phi) is 5.00. The molecule has 1 aliphatic heterocycles. The molecule has 3 rings (SSSR count). The second-order valence-electron chi connectivity index (χ2n) is 5.03. The first-order valence-electron chi connectivity index (χ1n) is 7.39. The van der Waals surface area contributed by atoms with Gasteiger partial charge in [-0.25, -0.2) is 0 Å². The quantitative estimate of drug-likeness (QED) is 0.466. The number of thiocarbonyl (C=S) groups is 1. The van der Waals surface area contributed by atoms with E-state index in [9.17, 15) is 9.59 Å². The Balaban J connectivity index is 1.93. The van der Waals surface area contributed by atoms with Crippen molar-refractivity contribution in [2.45, 2.75) is 6.92 Å². The number of hydrogen-bond donors (Lipinski definition) is 1. The van der Waals surface area contributed by atoms with E-state index in [2.05, 4.69) is 21.2 Å². The number of anilines is 1. The van der Waals surface area contributed by atoms with Gasteiger partial charge in [-0.1, -0.05) is 0 Å². The highest BCUT2D eigenvalue weighted by Crippen LogP contribution is 2.25. The van der Waals surface area contributed by atoms with Crippen LogP contribution in [-0.2, 0) is 9.59 Å². The molecule has 0 radical (unpaired) electrons. The van der Waals surface area contributed by atoms with E-state index in [1.54, 1.807) is 36.4 Å². The molecule has 1 aromatic carbocycles. The Labute approximate surface area is 157 Å². The maximum Gasteiger partial charge on any atom is 0.270 e. The fourth-order valence-corrected chi connectivity index (χ4v) is 2.90. The van der Waals surface area contributed by atoms with Gasteiger partial charge >= 0.3 is 0 Å². The van der Waals surface area contributed by atoms with Gasteiger partial charge < -0.3 is 9.15 Å². The van der Waals surface area contributed by atoms with E-state index in [4.69, 9.17) is 21.4 Å². The maximum absolute atomic E-state index is 12.8. The molecular formula is C17H13BrN2O4S. The minimum absolute atomic E-state index is 0.0249. The molecule has 25 heavy (non-hydrogen) atoms. The van der Waals surface area contributed by atoms with E-state index in [1.807, 2.05) is 6.92 Å². The normalized spacial score (nSPS) is 16.3. The van der Waals surface area contributed by atoms with Gasteiger partial charge in [0.25, 0.3) is 11.8 Å². The predicted octanol–water partition coefficient (Wildman–Crippen LogP) is 3.27. The van der Waals surface area contributed by atoms with Crippen LogP contribution in [0.3, 0.4) is 0 Å². The third kappa shape index (κ3) is 3.64. The summed E-state index contributed by atoms with van der Waals surface area (Å²) in [6, 6.07) is 10.2. The number of carbonyl (C=O) groups excluding carboxylic acids is 2. The molecule has 1 N–H and O–H groups in total. The largest absolute Gasteiger partial charge is 0.494 e. The van der Waals surface area contributed by atoms with Crippen LogP contribution in [0.5, 0.6) is 5.75 Å². The summed E-state index contributed by atoms with van der Waals surface area (Å²) in [4.78, 5) is 26.2. The van der Waals surface area contributed by atoms with Gasteiger partial charge in [-0.2, -0.15) is 0 Å². The molecule has 1 saturated heterocycles. The highest BCUT2D eigenvalue weighted by Gasteiger charge is 2.34. The molecule has 0 spiro atoms. The molecule has 0 unspecified atom stereocenters. The molecule has 6 nitrogen and oxygen atoms in total. The summed E-state index contributed by atoms with van der Waals surface area (Å²) >= 11 is 8.33. The third-order valence-electron chi connectivity index (χ3n) is 3.39. The van der Waals surface area contributed by atoms with Gasteiger partial charge in [0.05, 0.1) is 12.3 Å². The van der Waals surface area contributed by atoms with Crippen LogP contribution >= 0.6 is 28.1 Å². The monoisotopic (exact) mass is 420 g/mol. The molecule has 8 heteroatoms. The number of carbonyl (C=O) groups is 2. The van der Waals surface area contributed by atoms with E-state index in [1.165, 1.54) is 11.0 Å². The Bertz CT molecular complexity index is 873. The van der Waals surface area contributed by atoms with Crippen LogP contribution in [0, 0.1) is 0 Å². The second kappa shape index (κ2) is 7.20. The average Bonchev–Trinajstić information content (AvgIpc) is 2.98. The molecule has 128 valence electrons. The predicted molar refractivity (Wildman–Crippen MR) is 100 cm³/mol. The van der Waals surface area contributed by atoms with Gasteiger partial charge in [-0.15, -0.1) is 0 Å². The summed E-state index contributed by atoms with van der Waals surface area (Å²) in [5, 5.41) is 2.54. The van der Waals surface area contributed by atoms with Crippen molar-refractivity contribution in [1.29, 1.82) is 0 Å². The topological polar surface area (TPSA) is 71.8 Å². The smallest absolute Gasteiger partial charge is 0.270 e.